The Bertz CT molecular complexity index is 558. The number of anilines is 2. The molecule has 0 saturated heterocycles. The lowest BCUT2D eigenvalue weighted by Crippen LogP contribution is -2.47. The molecule has 1 amide bonds. The van der Waals surface area contributed by atoms with Gasteiger partial charge in [0.05, 0.1) is 11.4 Å². The Morgan fingerprint density at radius 3 is 2.59 bits per heavy atom. The van der Waals surface area contributed by atoms with Crippen LogP contribution in [-0.2, 0) is 9.53 Å². The van der Waals surface area contributed by atoms with E-state index in [0.717, 1.165) is 0 Å². The molecule has 0 heterocycles. The van der Waals surface area contributed by atoms with Gasteiger partial charge < -0.3 is 26.2 Å². The van der Waals surface area contributed by atoms with Crippen LogP contribution in [-0.4, -0.2) is 35.4 Å². The number of nitrogens with one attached hydrogen (secondary N) is 2. The van der Waals surface area contributed by atoms with Crippen LogP contribution in [0.25, 0.3) is 0 Å². The van der Waals surface area contributed by atoms with Crippen molar-refractivity contribution in [3.8, 4) is 0 Å². The quantitative estimate of drug-likeness (QED) is 0.616. The van der Waals surface area contributed by atoms with E-state index in [1.807, 2.05) is 0 Å². The summed E-state index contributed by atoms with van der Waals surface area (Å²) in [6.07, 6.45) is -0.853. The van der Waals surface area contributed by atoms with E-state index in [4.69, 9.17) is 15.6 Å². The van der Waals surface area contributed by atoms with Gasteiger partial charge in [-0.15, -0.1) is 0 Å². The van der Waals surface area contributed by atoms with E-state index in [9.17, 15) is 14.0 Å². The highest BCUT2D eigenvalue weighted by Gasteiger charge is 2.24. The van der Waals surface area contributed by atoms with Gasteiger partial charge in [0, 0.05) is 6.54 Å². The van der Waals surface area contributed by atoms with Crippen LogP contribution in [0.5, 0.6) is 0 Å². The highest BCUT2D eigenvalue weighted by atomic mass is 19.1. The average Bonchev–Trinajstić information content (AvgIpc) is 2.36. The van der Waals surface area contributed by atoms with Crippen LogP contribution < -0.4 is 16.4 Å². The smallest absolute Gasteiger partial charge is 0.408 e. The van der Waals surface area contributed by atoms with E-state index in [1.54, 1.807) is 20.8 Å². The van der Waals surface area contributed by atoms with Crippen molar-refractivity contribution in [1.29, 1.82) is 0 Å². The van der Waals surface area contributed by atoms with Gasteiger partial charge in [-0.25, -0.2) is 14.0 Å². The molecule has 1 aromatic carbocycles. The number of benzene rings is 1. The zero-order valence-corrected chi connectivity index (χ0v) is 12.6. The molecule has 1 atom stereocenters. The number of carbonyl (C=O) groups excluding carboxylic acids is 1. The molecule has 0 radical (unpaired) electrons. The maximum Gasteiger partial charge on any atom is 0.408 e. The number of aliphatic carboxylic acids is 1. The van der Waals surface area contributed by atoms with Gasteiger partial charge in [0.1, 0.15) is 17.5 Å². The third-order valence-electron chi connectivity index (χ3n) is 2.54. The number of hydrogen-bond donors (Lipinski definition) is 4. The third-order valence-corrected chi connectivity index (χ3v) is 2.54. The maximum absolute atomic E-state index is 13.3. The topological polar surface area (TPSA) is 114 Å². The lowest BCUT2D eigenvalue weighted by atomic mass is 10.2. The summed E-state index contributed by atoms with van der Waals surface area (Å²) in [6, 6.07) is 2.88. The second kappa shape index (κ2) is 6.97. The van der Waals surface area contributed by atoms with Crippen LogP contribution in [0.2, 0.25) is 0 Å². The van der Waals surface area contributed by atoms with Crippen LogP contribution in [0.1, 0.15) is 20.8 Å². The Morgan fingerprint density at radius 1 is 1.41 bits per heavy atom. The van der Waals surface area contributed by atoms with Crippen molar-refractivity contribution in [1.82, 2.24) is 5.32 Å². The fourth-order valence-corrected chi connectivity index (χ4v) is 1.55. The van der Waals surface area contributed by atoms with Crippen molar-refractivity contribution in [3.63, 3.8) is 0 Å². The number of carbonyl (C=O) groups is 2. The fourth-order valence-electron chi connectivity index (χ4n) is 1.55. The van der Waals surface area contributed by atoms with Crippen molar-refractivity contribution < 1.29 is 23.8 Å². The predicted molar refractivity (Wildman–Crippen MR) is 80.1 cm³/mol. The highest BCUT2D eigenvalue weighted by Crippen LogP contribution is 2.20. The standard InChI is InChI=1S/C14H20FN3O4/c1-14(2,3)22-13(21)18-10(12(19)20)7-17-9-6-4-5-8(15)11(9)16/h4-6,10,17H,7,16H2,1-3H3,(H,18,21)(H,19,20)/t10-/m0/s1. The highest BCUT2D eigenvalue weighted by molar-refractivity contribution is 5.81. The summed E-state index contributed by atoms with van der Waals surface area (Å²) < 4.78 is 18.3. The zero-order chi connectivity index (χ0) is 16.9. The molecule has 0 bridgehead atoms. The number of para-hydroxylation sites is 1. The minimum Gasteiger partial charge on any atom is -0.480 e. The maximum atomic E-state index is 13.3. The van der Waals surface area contributed by atoms with E-state index in [1.165, 1.54) is 18.2 Å². The molecular weight excluding hydrogens is 293 g/mol. The molecule has 0 unspecified atom stereocenters. The molecule has 0 fully saturated rings. The Kier molecular flexibility index (Phi) is 5.56. The zero-order valence-electron chi connectivity index (χ0n) is 12.6. The summed E-state index contributed by atoms with van der Waals surface area (Å²) in [7, 11) is 0. The number of nitrogens with two attached hydrogens (primary N) is 1. The number of carboxylic acid groups (broad SMARTS) is 1. The molecular formula is C14H20FN3O4. The summed E-state index contributed by atoms with van der Waals surface area (Å²) in [5.74, 6) is -1.87. The van der Waals surface area contributed by atoms with E-state index >= 15 is 0 Å². The number of amides is 1. The van der Waals surface area contributed by atoms with Crippen LogP contribution >= 0.6 is 0 Å². The van der Waals surface area contributed by atoms with Gasteiger partial charge in [-0.3, -0.25) is 0 Å². The molecule has 7 nitrogen and oxygen atoms in total. The largest absolute Gasteiger partial charge is 0.480 e. The van der Waals surface area contributed by atoms with Crippen LogP contribution in [0.4, 0.5) is 20.6 Å². The molecule has 5 N–H and O–H groups in total. The molecule has 0 aliphatic heterocycles. The molecule has 0 aliphatic carbocycles. The van der Waals surface area contributed by atoms with Crippen molar-refractivity contribution in [3.05, 3.63) is 24.0 Å². The first-order valence-electron chi connectivity index (χ1n) is 6.60. The number of carboxylic acids is 1. The van der Waals surface area contributed by atoms with Gasteiger partial charge in [0.2, 0.25) is 0 Å². The van der Waals surface area contributed by atoms with Crippen LogP contribution in [0, 0.1) is 5.82 Å². The number of hydrogen-bond acceptors (Lipinski definition) is 5. The van der Waals surface area contributed by atoms with Crippen molar-refractivity contribution >= 4 is 23.4 Å². The molecule has 1 rings (SSSR count). The minimum absolute atomic E-state index is 0.121. The van der Waals surface area contributed by atoms with Gasteiger partial charge in [0.15, 0.2) is 0 Å². The third kappa shape index (κ3) is 5.47. The molecule has 8 heteroatoms. The predicted octanol–water partition coefficient (Wildman–Crippen LogP) is 1.80. The first-order valence-corrected chi connectivity index (χ1v) is 6.60. The number of ether oxygens (including phenoxy) is 1. The molecule has 0 spiro atoms. The lowest BCUT2D eigenvalue weighted by molar-refractivity contribution is -0.139. The van der Waals surface area contributed by atoms with E-state index in [2.05, 4.69) is 10.6 Å². The van der Waals surface area contributed by atoms with Gasteiger partial charge >= 0.3 is 12.1 Å². The van der Waals surface area contributed by atoms with Crippen molar-refractivity contribution in [2.45, 2.75) is 32.4 Å². The average molecular weight is 313 g/mol. The first kappa shape index (κ1) is 17.5. The van der Waals surface area contributed by atoms with Crippen LogP contribution in [0.3, 0.4) is 0 Å². The molecule has 0 saturated carbocycles. The lowest BCUT2D eigenvalue weighted by Gasteiger charge is -2.22. The Balaban J connectivity index is 2.67. The number of rotatable bonds is 5. The van der Waals surface area contributed by atoms with E-state index < -0.39 is 29.5 Å². The van der Waals surface area contributed by atoms with Gasteiger partial charge in [-0.1, -0.05) is 6.07 Å². The van der Waals surface area contributed by atoms with Crippen molar-refractivity contribution in [2.75, 3.05) is 17.6 Å². The molecule has 0 aromatic heterocycles. The summed E-state index contributed by atoms with van der Waals surface area (Å²) in [5.41, 5.74) is 4.92. The minimum atomic E-state index is -1.26. The second-order valence-corrected chi connectivity index (χ2v) is 5.62. The van der Waals surface area contributed by atoms with Crippen LogP contribution in [0.15, 0.2) is 18.2 Å². The Morgan fingerprint density at radius 2 is 2.05 bits per heavy atom. The molecule has 1 aromatic rings. The summed E-state index contributed by atoms with van der Waals surface area (Å²) in [4.78, 5) is 22.8. The monoisotopic (exact) mass is 313 g/mol. The number of halogens is 1. The van der Waals surface area contributed by atoms with Crippen molar-refractivity contribution in [2.24, 2.45) is 0 Å². The first-order chi connectivity index (χ1) is 10.1. The number of alkyl carbamates (subject to hydrolysis) is 1. The van der Waals surface area contributed by atoms with Gasteiger partial charge in [0.25, 0.3) is 0 Å². The van der Waals surface area contributed by atoms with Gasteiger partial charge in [-0.05, 0) is 32.9 Å². The summed E-state index contributed by atoms with van der Waals surface area (Å²) >= 11 is 0. The normalized spacial score (nSPS) is 12.4. The molecule has 22 heavy (non-hydrogen) atoms. The Hall–Kier alpha value is -2.51. The fraction of sp³-hybridized carbons (Fsp3) is 0.429. The number of nitrogen functional groups attached to an aromatic ring is 1. The summed E-state index contributed by atoms with van der Waals surface area (Å²) in [5, 5.41) is 14.0. The summed E-state index contributed by atoms with van der Waals surface area (Å²) in [6.45, 7) is 4.80. The Labute approximate surface area is 127 Å². The SMILES string of the molecule is CC(C)(C)OC(=O)N[C@@H](CNc1cccc(F)c1N)C(=O)O. The van der Waals surface area contributed by atoms with E-state index in [-0.39, 0.29) is 17.9 Å². The molecule has 0 aliphatic rings. The second-order valence-electron chi connectivity index (χ2n) is 5.62. The molecule has 122 valence electrons. The van der Waals surface area contributed by atoms with Gasteiger partial charge in [-0.2, -0.15) is 0 Å². The van der Waals surface area contributed by atoms with E-state index in [0.29, 0.717) is 0 Å².